The number of halogens is 1. The summed E-state index contributed by atoms with van der Waals surface area (Å²) < 4.78 is 4.88. The highest BCUT2D eigenvalue weighted by atomic mass is 127. The highest BCUT2D eigenvalue weighted by Gasteiger charge is 2.04. The van der Waals surface area contributed by atoms with E-state index in [4.69, 9.17) is 4.74 Å². The molecule has 0 aliphatic carbocycles. The quantitative estimate of drug-likeness (QED) is 0.250. The number of benzene rings is 1. The lowest BCUT2D eigenvalue weighted by Crippen LogP contribution is -2.43. The Bertz CT molecular complexity index is 495. The molecule has 0 spiro atoms. The van der Waals surface area contributed by atoms with Gasteiger partial charge < -0.3 is 20.7 Å². The minimum absolute atomic E-state index is 0. The minimum atomic E-state index is -0.0889. The Morgan fingerprint density at radius 1 is 1.17 bits per heavy atom. The normalized spacial score (nSPS) is 10.7. The van der Waals surface area contributed by atoms with Crippen molar-refractivity contribution in [1.82, 2.24) is 16.0 Å². The van der Waals surface area contributed by atoms with E-state index in [1.165, 1.54) is 11.1 Å². The van der Waals surface area contributed by atoms with Crippen LogP contribution in [-0.2, 0) is 22.5 Å². The summed E-state index contributed by atoms with van der Waals surface area (Å²) in [6, 6.07) is 8.28. The highest BCUT2D eigenvalue weighted by molar-refractivity contribution is 14.0. The molecule has 1 aromatic carbocycles. The molecule has 0 fully saturated rings. The van der Waals surface area contributed by atoms with Crippen LogP contribution >= 0.6 is 24.0 Å². The van der Waals surface area contributed by atoms with Crippen LogP contribution in [0.4, 0.5) is 0 Å². The molecular formula is C16H27IN4O2. The van der Waals surface area contributed by atoms with Gasteiger partial charge in [-0.1, -0.05) is 31.2 Å². The van der Waals surface area contributed by atoms with Crippen LogP contribution in [0.3, 0.4) is 0 Å². The summed E-state index contributed by atoms with van der Waals surface area (Å²) in [5, 5.41) is 8.95. The summed E-state index contributed by atoms with van der Waals surface area (Å²) in [5.74, 6) is 0.516. The maximum atomic E-state index is 11.6. The molecule has 1 rings (SSSR count). The maximum Gasteiger partial charge on any atom is 0.239 e. The Labute approximate surface area is 155 Å². The van der Waals surface area contributed by atoms with E-state index in [0.717, 1.165) is 6.42 Å². The lowest BCUT2D eigenvalue weighted by Gasteiger charge is -2.13. The van der Waals surface area contributed by atoms with Crippen LogP contribution in [0.1, 0.15) is 18.1 Å². The van der Waals surface area contributed by atoms with Crippen molar-refractivity contribution in [2.24, 2.45) is 4.99 Å². The molecule has 0 radical (unpaired) electrons. The van der Waals surface area contributed by atoms with Gasteiger partial charge in [0.2, 0.25) is 5.91 Å². The fourth-order valence-electron chi connectivity index (χ4n) is 1.99. The number of hydrogen-bond acceptors (Lipinski definition) is 3. The Morgan fingerprint density at radius 2 is 1.87 bits per heavy atom. The Hall–Kier alpha value is -1.35. The van der Waals surface area contributed by atoms with E-state index in [2.05, 4.69) is 40.0 Å². The van der Waals surface area contributed by atoms with E-state index in [1.807, 2.05) is 12.1 Å². The fourth-order valence-corrected chi connectivity index (χ4v) is 1.99. The van der Waals surface area contributed by atoms with E-state index in [1.54, 1.807) is 14.2 Å². The van der Waals surface area contributed by atoms with Gasteiger partial charge in [0, 0.05) is 27.2 Å². The average molecular weight is 434 g/mol. The molecule has 23 heavy (non-hydrogen) atoms. The van der Waals surface area contributed by atoms with Gasteiger partial charge in [0.1, 0.15) is 0 Å². The molecule has 0 unspecified atom stereocenters. The summed E-state index contributed by atoms with van der Waals surface area (Å²) in [6.07, 6.45) is 0.992. The van der Waals surface area contributed by atoms with Gasteiger partial charge in [0.05, 0.1) is 13.2 Å². The molecule has 0 aromatic heterocycles. The van der Waals surface area contributed by atoms with Crippen LogP contribution in [0.15, 0.2) is 29.3 Å². The van der Waals surface area contributed by atoms with Crippen molar-refractivity contribution in [2.45, 2.75) is 19.9 Å². The van der Waals surface area contributed by atoms with Gasteiger partial charge >= 0.3 is 0 Å². The number of amides is 1. The van der Waals surface area contributed by atoms with Crippen molar-refractivity contribution in [1.29, 1.82) is 0 Å². The number of ether oxygens (including phenoxy) is 1. The van der Waals surface area contributed by atoms with Crippen LogP contribution in [0.2, 0.25) is 0 Å². The summed E-state index contributed by atoms with van der Waals surface area (Å²) in [7, 11) is 3.29. The van der Waals surface area contributed by atoms with E-state index in [9.17, 15) is 4.79 Å². The zero-order valence-electron chi connectivity index (χ0n) is 14.0. The first kappa shape index (κ1) is 21.6. The first-order valence-corrected chi connectivity index (χ1v) is 7.48. The SMILES string of the molecule is CCc1ccccc1CNC(=NC)NCC(=O)NCCOC.I. The van der Waals surface area contributed by atoms with E-state index >= 15 is 0 Å². The molecule has 3 N–H and O–H groups in total. The first-order chi connectivity index (χ1) is 10.7. The molecule has 0 aliphatic rings. The highest BCUT2D eigenvalue weighted by Crippen LogP contribution is 2.08. The molecule has 0 bridgehead atoms. The lowest BCUT2D eigenvalue weighted by molar-refractivity contribution is -0.120. The predicted octanol–water partition coefficient (Wildman–Crippen LogP) is 1.29. The number of carbonyl (C=O) groups excluding carboxylic acids is 1. The number of hydrogen-bond donors (Lipinski definition) is 3. The monoisotopic (exact) mass is 434 g/mol. The summed E-state index contributed by atoms with van der Waals surface area (Å²) in [4.78, 5) is 15.7. The van der Waals surface area contributed by atoms with E-state index in [-0.39, 0.29) is 36.4 Å². The molecule has 0 aliphatic heterocycles. The molecule has 0 atom stereocenters. The third-order valence-electron chi connectivity index (χ3n) is 3.21. The number of methoxy groups -OCH3 is 1. The molecule has 7 heteroatoms. The molecule has 1 amide bonds. The van der Waals surface area contributed by atoms with Gasteiger partial charge in [-0.25, -0.2) is 0 Å². The molecule has 0 saturated carbocycles. The van der Waals surface area contributed by atoms with Crippen LogP contribution in [0.25, 0.3) is 0 Å². The topological polar surface area (TPSA) is 74.8 Å². The number of rotatable bonds is 8. The fraction of sp³-hybridized carbons (Fsp3) is 0.500. The lowest BCUT2D eigenvalue weighted by atomic mass is 10.1. The van der Waals surface area contributed by atoms with Crippen molar-refractivity contribution in [2.75, 3.05) is 33.9 Å². The average Bonchev–Trinajstić information content (AvgIpc) is 2.55. The smallest absolute Gasteiger partial charge is 0.239 e. The molecule has 130 valence electrons. The second-order valence-corrected chi connectivity index (χ2v) is 4.74. The van der Waals surface area contributed by atoms with Crippen LogP contribution in [0, 0.1) is 0 Å². The third-order valence-corrected chi connectivity index (χ3v) is 3.21. The number of aliphatic imine (C=N–C) groups is 1. The third kappa shape index (κ3) is 8.75. The van der Waals surface area contributed by atoms with Crippen LogP contribution in [0.5, 0.6) is 0 Å². The standard InChI is InChI=1S/C16H26N4O2.HI/c1-4-13-7-5-6-8-14(13)11-19-16(17-2)20-12-15(21)18-9-10-22-3;/h5-8H,4,9-12H2,1-3H3,(H,18,21)(H2,17,19,20);1H. The summed E-state index contributed by atoms with van der Waals surface area (Å²) in [5.41, 5.74) is 2.54. The van der Waals surface area contributed by atoms with Crippen molar-refractivity contribution < 1.29 is 9.53 Å². The number of nitrogens with zero attached hydrogens (tertiary/aromatic N) is 1. The molecule has 6 nitrogen and oxygen atoms in total. The molecule has 0 saturated heterocycles. The van der Waals surface area contributed by atoms with E-state index in [0.29, 0.717) is 25.7 Å². The Morgan fingerprint density at radius 3 is 2.48 bits per heavy atom. The Balaban J connectivity index is 0.00000484. The first-order valence-electron chi connectivity index (χ1n) is 7.48. The van der Waals surface area contributed by atoms with Gasteiger partial charge in [-0.15, -0.1) is 24.0 Å². The largest absolute Gasteiger partial charge is 0.383 e. The number of guanidine groups is 1. The number of aryl methyl sites for hydroxylation is 1. The predicted molar refractivity (Wildman–Crippen MR) is 104 cm³/mol. The van der Waals surface area contributed by atoms with Gasteiger partial charge in [0.15, 0.2) is 5.96 Å². The zero-order valence-corrected chi connectivity index (χ0v) is 16.3. The maximum absolute atomic E-state index is 11.6. The van der Waals surface area contributed by atoms with E-state index < -0.39 is 0 Å². The van der Waals surface area contributed by atoms with Gasteiger partial charge in [0.25, 0.3) is 0 Å². The summed E-state index contributed by atoms with van der Waals surface area (Å²) in [6.45, 7) is 4.00. The van der Waals surface area contributed by atoms with Gasteiger partial charge in [-0.3, -0.25) is 9.79 Å². The second-order valence-electron chi connectivity index (χ2n) is 4.74. The van der Waals surface area contributed by atoms with Gasteiger partial charge in [-0.05, 0) is 17.5 Å². The van der Waals surface area contributed by atoms with Crippen molar-refractivity contribution >= 4 is 35.8 Å². The second kappa shape index (κ2) is 13.1. The summed E-state index contributed by atoms with van der Waals surface area (Å²) >= 11 is 0. The van der Waals surface area contributed by atoms with Crippen molar-refractivity contribution in [3.05, 3.63) is 35.4 Å². The van der Waals surface area contributed by atoms with Crippen molar-refractivity contribution in [3.63, 3.8) is 0 Å². The zero-order chi connectivity index (χ0) is 16.2. The van der Waals surface area contributed by atoms with Crippen LogP contribution in [-0.4, -0.2) is 45.7 Å². The number of nitrogens with one attached hydrogen (secondary N) is 3. The number of carbonyl (C=O) groups is 1. The Kier molecular flexibility index (Phi) is 12.4. The molecule has 0 heterocycles. The molecule has 1 aromatic rings. The van der Waals surface area contributed by atoms with Gasteiger partial charge in [-0.2, -0.15) is 0 Å². The minimum Gasteiger partial charge on any atom is -0.383 e. The van der Waals surface area contributed by atoms with Crippen molar-refractivity contribution in [3.8, 4) is 0 Å². The van der Waals surface area contributed by atoms with Crippen LogP contribution < -0.4 is 16.0 Å². The molecular weight excluding hydrogens is 407 g/mol.